The molecule has 1 amide bonds. The first kappa shape index (κ1) is 16.9. The molecule has 0 N–H and O–H groups in total. The van der Waals surface area contributed by atoms with Gasteiger partial charge in [-0.05, 0) is 36.1 Å². The lowest BCUT2D eigenvalue weighted by molar-refractivity contribution is -0.385. The highest BCUT2D eigenvalue weighted by atomic mass is 32.1. The van der Waals surface area contributed by atoms with Crippen LogP contribution >= 0.6 is 11.3 Å². The zero-order valence-electron chi connectivity index (χ0n) is 13.3. The summed E-state index contributed by atoms with van der Waals surface area (Å²) in [7, 11) is 0. The zero-order valence-corrected chi connectivity index (χ0v) is 14.1. The molecule has 6 nitrogen and oxygen atoms in total. The van der Waals surface area contributed by atoms with Gasteiger partial charge in [0.05, 0.1) is 17.7 Å². The molecule has 0 bridgehead atoms. The van der Waals surface area contributed by atoms with Crippen molar-refractivity contribution in [3.63, 3.8) is 0 Å². The Kier molecular flexibility index (Phi) is 5.25. The van der Waals surface area contributed by atoms with Crippen molar-refractivity contribution in [1.29, 1.82) is 0 Å². The monoisotopic (exact) mass is 356 g/mol. The number of para-hydroxylation sites is 1. The average Bonchev–Trinajstić information content (AvgIpc) is 3.31. The molecule has 7 heteroatoms. The maximum absolute atomic E-state index is 12.9. The van der Waals surface area contributed by atoms with Gasteiger partial charge in [-0.25, -0.2) is 0 Å². The molecular formula is C18H16N2O4S. The number of hydrogen-bond donors (Lipinski definition) is 0. The van der Waals surface area contributed by atoms with E-state index in [1.807, 2.05) is 17.5 Å². The lowest BCUT2D eigenvalue weighted by Gasteiger charge is -2.21. The molecule has 0 saturated carbocycles. The lowest BCUT2D eigenvalue weighted by Crippen LogP contribution is -2.32. The molecule has 0 aliphatic carbocycles. The molecule has 25 heavy (non-hydrogen) atoms. The van der Waals surface area contributed by atoms with E-state index in [4.69, 9.17) is 4.42 Å². The number of thiophene rings is 1. The first-order valence-electron chi connectivity index (χ1n) is 7.72. The van der Waals surface area contributed by atoms with E-state index in [0.29, 0.717) is 18.7 Å². The molecule has 0 atom stereocenters. The fraction of sp³-hybridized carbons (Fsp3) is 0.167. The molecular weight excluding hydrogens is 340 g/mol. The summed E-state index contributed by atoms with van der Waals surface area (Å²) in [6.07, 6.45) is 2.23. The number of furan rings is 1. The van der Waals surface area contributed by atoms with Crippen LogP contribution in [0.4, 0.5) is 5.69 Å². The molecule has 0 radical (unpaired) electrons. The molecule has 0 aliphatic rings. The molecule has 0 saturated heterocycles. The number of benzene rings is 1. The van der Waals surface area contributed by atoms with Crippen molar-refractivity contribution in [2.24, 2.45) is 0 Å². The highest BCUT2D eigenvalue weighted by molar-refractivity contribution is 7.09. The smallest absolute Gasteiger partial charge is 0.282 e. The van der Waals surface area contributed by atoms with Crippen LogP contribution in [0, 0.1) is 10.1 Å². The molecule has 0 spiro atoms. The summed E-state index contributed by atoms with van der Waals surface area (Å²) in [5.74, 6) is 0.262. The topological polar surface area (TPSA) is 76.6 Å². The summed E-state index contributed by atoms with van der Waals surface area (Å²) in [5, 5.41) is 13.2. The third-order valence-electron chi connectivity index (χ3n) is 3.75. The Balaban J connectivity index is 1.84. The second-order valence-corrected chi connectivity index (χ2v) is 6.44. The number of nitro groups is 1. The molecule has 0 fully saturated rings. The third kappa shape index (κ3) is 4.13. The summed E-state index contributed by atoms with van der Waals surface area (Å²) >= 11 is 1.62. The number of nitrogens with zero attached hydrogens (tertiary/aromatic N) is 2. The number of rotatable bonds is 7. The molecule has 0 aliphatic heterocycles. The predicted molar refractivity (Wildman–Crippen MR) is 94.6 cm³/mol. The van der Waals surface area contributed by atoms with Gasteiger partial charge in [0.15, 0.2) is 0 Å². The SMILES string of the molecule is O=C(c1ccccc1[N+](=O)[O-])N(CCc1cccs1)Cc1ccco1. The van der Waals surface area contributed by atoms with E-state index in [2.05, 4.69) is 0 Å². The van der Waals surface area contributed by atoms with Gasteiger partial charge >= 0.3 is 0 Å². The average molecular weight is 356 g/mol. The molecule has 2 aromatic heterocycles. The van der Waals surface area contributed by atoms with Crippen LogP contribution in [0.3, 0.4) is 0 Å². The van der Waals surface area contributed by atoms with Crippen LogP contribution in [-0.4, -0.2) is 22.3 Å². The van der Waals surface area contributed by atoms with Gasteiger partial charge in [-0.2, -0.15) is 0 Å². The first-order chi connectivity index (χ1) is 12.1. The van der Waals surface area contributed by atoms with E-state index in [9.17, 15) is 14.9 Å². The summed E-state index contributed by atoms with van der Waals surface area (Å²) < 4.78 is 5.34. The molecule has 2 heterocycles. The summed E-state index contributed by atoms with van der Waals surface area (Å²) in [4.78, 5) is 26.4. The normalized spacial score (nSPS) is 10.6. The fourth-order valence-electron chi connectivity index (χ4n) is 2.53. The van der Waals surface area contributed by atoms with Crippen molar-refractivity contribution in [3.05, 3.63) is 86.5 Å². The lowest BCUT2D eigenvalue weighted by atomic mass is 10.1. The minimum absolute atomic E-state index is 0.0882. The van der Waals surface area contributed by atoms with Crippen molar-refractivity contribution in [1.82, 2.24) is 4.90 Å². The van der Waals surface area contributed by atoms with Crippen LogP contribution in [-0.2, 0) is 13.0 Å². The van der Waals surface area contributed by atoms with Gasteiger partial charge < -0.3 is 9.32 Å². The highest BCUT2D eigenvalue weighted by Gasteiger charge is 2.24. The van der Waals surface area contributed by atoms with Crippen LogP contribution in [0.2, 0.25) is 0 Å². The van der Waals surface area contributed by atoms with Gasteiger partial charge in [-0.15, -0.1) is 11.3 Å². The minimum atomic E-state index is -0.530. The Morgan fingerprint density at radius 3 is 2.68 bits per heavy atom. The van der Waals surface area contributed by atoms with Gasteiger partial charge in [-0.3, -0.25) is 14.9 Å². The summed E-state index contributed by atoms with van der Waals surface area (Å²) in [6.45, 7) is 0.718. The largest absolute Gasteiger partial charge is 0.467 e. The number of carbonyl (C=O) groups is 1. The van der Waals surface area contributed by atoms with Crippen molar-refractivity contribution < 1.29 is 14.1 Å². The quantitative estimate of drug-likeness (QED) is 0.471. The van der Waals surface area contributed by atoms with Crippen molar-refractivity contribution >= 4 is 22.9 Å². The van der Waals surface area contributed by atoms with Crippen LogP contribution in [0.25, 0.3) is 0 Å². The molecule has 128 valence electrons. The van der Waals surface area contributed by atoms with Crippen molar-refractivity contribution in [2.75, 3.05) is 6.54 Å². The van der Waals surface area contributed by atoms with E-state index in [1.54, 1.807) is 46.8 Å². The van der Waals surface area contributed by atoms with E-state index in [0.717, 1.165) is 4.88 Å². The van der Waals surface area contributed by atoms with Crippen molar-refractivity contribution in [2.45, 2.75) is 13.0 Å². The number of hydrogen-bond acceptors (Lipinski definition) is 5. The summed E-state index contributed by atoms with van der Waals surface area (Å²) in [6, 6.07) is 13.5. The Hall–Kier alpha value is -2.93. The van der Waals surface area contributed by atoms with Crippen LogP contribution in [0.5, 0.6) is 0 Å². The molecule has 0 unspecified atom stereocenters. The molecule has 3 aromatic rings. The van der Waals surface area contributed by atoms with Crippen LogP contribution in [0.15, 0.2) is 64.6 Å². The highest BCUT2D eigenvalue weighted by Crippen LogP contribution is 2.21. The third-order valence-corrected chi connectivity index (χ3v) is 4.69. The Labute approximate surface area is 148 Å². The van der Waals surface area contributed by atoms with Gasteiger partial charge in [0, 0.05) is 17.5 Å². The zero-order chi connectivity index (χ0) is 17.6. The Bertz CT molecular complexity index is 844. The van der Waals surface area contributed by atoms with E-state index >= 15 is 0 Å². The van der Waals surface area contributed by atoms with E-state index < -0.39 is 4.92 Å². The number of nitro benzene ring substituents is 1. The standard InChI is InChI=1S/C18H16N2O4S/c21-18(16-7-1-2-8-17(16)20(22)23)19(13-14-5-3-11-24-14)10-9-15-6-4-12-25-15/h1-8,11-12H,9-10,13H2. The van der Waals surface area contributed by atoms with Crippen LogP contribution in [0.1, 0.15) is 21.0 Å². The minimum Gasteiger partial charge on any atom is -0.467 e. The number of amides is 1. The first-order valence-corrected chi connectivity index (χ1v) is 8.60. The van der Waals surface area contributed by atoms with E-state index in [1.165, 1.54) is 12.1 Å². The second-order valence-electron chi connectivity index (χ2n) is 5.41. The van der Waals surface area contributed by atoms with Gasteiger partial charge in [0.25, 0.3) is 11.6 Å². The summed E-state index contributed by atoms with van der Waals surface area (Å²) in [5.41, 5.74) is -0.0988. The fourth-order valence-corrected chi connectivity index (χ4v) is 3.23. The molecule has 1 aromatic carbocycles. The van der Waals surface area contributed by atoms with E-state index in [-0.39, 0.29) is 23.7 Å². The maximum atomic E-state index is 12.9. The van der Waals surface area contributed by atoms with Gasteiger partial charge in [-0.1, -0.05) is 18.2 Å². The molecule has 3 rings (SSSR count). The van der Waals surface area contributed by atoms with Crippen LogP contribution < -0.4 is 0 Å². The van der Waals surface area contributed by atoms with Gasteiger partial charge in [0.2, 0.25) is 0 Å². The second kappa shape index (κ2) is 7.76. The number of carbonyl (C=O) groups excluding carboxylic acids is 1. The van der Waals surface area contributed by atoms with Crippen molar-refractivity contribution in [3.8, 4) is 0 Å². The maximum Gasteiger partial charge on any atom is 0.282 e. The Morgan fingerprint density at radius 2 is 2.00 bits per heavy atom. The van der Waals surface area contributed by atoms with Gasteiger partial charge in [0.1, 0.15) is 11.3 Å². The predicted octanol–water partition coefficient (Wildman–Crippen LogP) is 4.13. The Morgan fingerprint density at radius 1 is 1.16 bits per heavy atom.